The first-order valence-electron chi connectivity index (χ1n) is 6.84. The van der Waals surface area contributed by atoms with Gasteiger partial charge in [-0.2, -0.15) is 0 Å². The maximum atomic E-state index is 11.9. The summed E-state index contributed by atoms with van der Waals surface area (Å²) in [5, 5.41) is 6.59. The van der Waals surface area contributed by atoms with E-state index in [4.69, 9.17) is 4.98 Å². The highest BCUT2D eigenvalue weighted by molar-refractivity contribution is 7.91. The predicted molar refractivity (Wildman–Crippen MR) is 77.3 cm³/mol. The Kier molecular flexibility index (Phi) is 3.22. The molecule has 0 bridgehead atoms. The lowest BCUT2D eigenvalue weighted by atomic mass is 9.99. The van der Waals surface area contributed by atoms with E-state index in [1.165, 1.54) is 0 Å². The SMILES string of the molecule is CC(C)c1csc(C2(NC3CC3)CCS(=O)(=O)C2)n1. The fraction of sp³-hybridized carbons (Fsp3) is 0.769. The smallest absolute Gasteiger partial charge is 0.152 e. The molecule has 1 aromatic rings. The standard InChI is InChI=1S/C13H20N2O2S2/c1-9(2)11-7-18-12(14-11)13(15-10-3-4-10)5-6-19(16,17)8-13/h7,9-10,15H,3-6,8H2,1-2H3. The van der Waals surface area contributed by atoms with E-state index in [1.807, 2.05) is 0 Å². The monoisotopic (exact) mass is 300 g/mol. The van der Waals surface area contributed by atoms with Crippen LogP contribution >= 0.6 is 11.3 Å². The Balaban J connectivity index is 1.94. The first-order valence-corrected chi connectivity index (χ1v) is 9.54. The summed E-state index contributed by atoms with van der Waals surface area (Å²) in [5.41, 5.74) is 0.652. The minimum Gasteiger partial charge on any atom is -0.302 e. The maximum Gasteiger partial charge on any atom is 0.152 e. The Morgan fingerprint density at radius 3 is 2.68 bits per heavy atom. The van der Waals surface area contributed by atoms with Gasteiger partial charge in [0.05, 0.1) is 22.7 Å². The van der Waals surface area contributed by atoms with Gasteiger partial charge in [0.1, 0.15) is 5.01 Å². The van der Waals surface area contributed by atoms with Gasteiger partial charge in [-0.15, -0.1) is 11.3 Å². The third-order valence-corrected chi connectivity index (χ3v) is 6.71. The van der Waals surface area contributed by atoms with Gasteiger partial charge in [0.25, 0.3) is 0 Å². The van der Waals surface area contributed by atoms with Crippen molar-refractivity contribution in [2.75, 3.05) is 11.5 Å². The topological polar surface area (TPSA) is 59.1 Å². The zero-order valence-electron chi connectivity index (χ0n) is 11.3. The molecule has 0 aromatic carbocycles. The Hall–Kier alpha value is -0.460. The van der Waals surface area contributed by atoms with Gasteiger partial charge < -0.3 is 5.32 Å². The molecule has 6 heteroatoms. The van der Waals surface area contributed by atoms with Crippen molar-refractivity contribution in [3.8, 4) is 0 Å². The fourth-order valence-corrected chi connectivity index (χ4v) is 5.77. The summed E-state index contributed by atoms with van der Waals surface area (Å²) in [4.78, 5) is 4.70. The van der Waals surface area contributed by atoms with Gasteiger partial charge >= 0.3 is 0 Å². The van der Waals surface area contributed by atoms with Crippen LogP contribution in [-0.2, 0) is 15.4 Å². The van der Waals surface area contributed by atoms with Gasteiger partial charge in [0.15, 0.2) is 9.84 Å². The molecule has 0 spiro atoms. The van der Waals surface area contributed by atoms with E-state index in [0.717, 1.165) is 23.5 Å². The van der Waals surface area contributed by atoms with Gasteiger partial charge in [-0.3, -0.25) is 0 Å². The van der Waals surface area contributed by atoms with Gasteiger partial charge in [-0.1, -0.05) is 13.8 Å². The second kappa shape index (κ2) is 4.53. The summed E-state index contributed by atoms with van der Waals surface area (Å²) in [6.07, 6.45) is 2.98. The summed E-state index contributed by atoms with van der Waals surface area (Å²) in [5.74, 6) is 0.881. The third-order valence-electron chi connectivity index (χ3n) is 3.89. The lowest BCUT2D eigenvalue weighted by Gasteiger charge is -2.27. The fourth-order valence-electron chi connectivity index (χ4n) is 2.58. The predicted octanol–water partition coefficient (Wildman–Crippen LogP) is 2.03. The molecule has 1 saturated heterocycles. The summed E-state index contributed by atoms with van der Waals surface area (Å²) in [6.45, 7) is 4.23. The van der Waals surface area contributed by atoms with Gasteiger partial charge in [0, 0.05) is 11.4 Å². The highest BCUT2D eigenvalue weighted by Crippen LogP contribution is 2.39. The van der Waals surface area contributed by atoms with Crippen molar-refractivity contribution < 1.29 is 8.42 Å². The van der Waals surface area contributed by atoms with E-state index in [2.05, 4.69) is 24.5 Å². The Labute approximate surface area is 118 Å². The summed E-state index contributed by atoms with van der Waals surface area (Å²) < 4.78 is 23.8. The van der Waals surface area contributed by atoms with Crippen LogP contribution < -0.4 is 5.32 Å². The van der Waals surface area contributed by atoms with Crippen LogP contribution in [0.5, 0.6) is 0 Å². The molecule has 4 nitrogen and oxygen atoms in total. The lowest BCUT2D eigenvalue weighted by Crippen LogP contribution is -2.44. The Morgan fingerprint density at radius 2 is 2.21 bits per heavy atom. The van der Waals surface area contributed by atoms with Crippen LogP contribution in [0.15, 0.2) is 5.38 Å². The number of thiazole rings is 1. The normalized spacial score (nSPS) is 30.1. The number of nitrogens with one attached hydrogen (secondary N) is 1. The highest BCUT2D eigenvalue weighted by Gasteiger charge is 2.48. The van der Waals surface area contributed by atoms with Crippen LogP contribution in [0.1, 0.15) is 49.7 Å². The highest BCUT2D eigenvalue weighted by atomic mass is 32.2. The van der Waals surface area contributed by atoms with Crippen molar-refractivity contribution in [1.82, 2.24) is 10.3 Å². The Morgan fingerprint density at radius 1 is 1.47 bits per heavy atom. The van der Waals surface area contributed by atoms with Crippen LogP contribution in [-0.4, -0.2) is 30.9 Å². The second-order valence-electron chi connectivity index (χ2n) is 6.07. The molecule has 0 radical (unpaired) electrons. The van der Waals surface area contributed by atoms with Crippen molar-refractivity contribution in [2.24, 2.45) is 0 Å². The minimum absolute atomic E-state index is 0.210. The van der Waals surface area contributed by atoms with E-state index in [-0.39, 0.29) is 11.5 Å². The molecule has 0 amide bonds. The van der Waals surface area contributed by atoms with Crippen LogP contribution in [0.25, 0.3) is 0 Å². The number of nitrogens with zero attached hydrogens (tertiary/aromatic N) is 1. The van der Waals surface area contributed by atoms with Crippen molar-refractivity contribution in [3.05, 3.63) is 16.1 Å². The van der Waals surface area contributed by atoms with Crippen molar-refractivity contribution in [3.63, 3.8) is 0 Å². The molecule has 1 aliphatic heterocycles. The number of hydrogen-bond acceptors (Lipinski definition) is 5. The van der Waals surface area contributed by atoms with E-state index in [9.17, 15) is 8.42 Å². The number of sulfone groups is 1. The van der Waals surface area contributed by atoms with Crippen molar-refractivity contribution in [1.29, 1.82) is 0 Å². The first-order chi connectivity index (χ1) is 8.90. The molecule has 1 unspecified atom stereocenters. The van der Waals surface area contributed by atoms with E-state index in [0.29, 0.717) is 18.4 Å². The van der Waals surface area contributed by atoms with Gasteiger partial charge in [-0.05, 0) is 25.2 Å². The Bertz CT molecular complexity index is 575. The molecule has 2 aliphatic rings. The molecule has 1 aromatic heterocycles. The summed E-state index contributed by atoms with van der Waals surface area (Å²) >= 11 is 1.61. The zero-order chi connectivity index (χ0) is 13.7. The number of rotatable bonds is 4. The van der Waals surface area contributed by atoms with Crippen LogP contribution in [0, 0.1) is 0 Å². The molecule has 106 valence electrons. The van der Waals surface area contributed by atoms with E-state index >= 15 is 0 Å². The van der Waals surface area contributed by atoms with Crippen LogP contribution in [0.3, 0.4) is 0 Å². The molecule has 2 fully saturated rings. The molecule has 1 saturated carbocycles. The van der Waals surface area contributed by atoms with E-state index in [1.54, 1.807) is 11.3 Å². The molecule has 3 rings (SSSR count). The molecule has 1 atom stereocenters. The average molecular weight is 300 g/mol. The van der Waals surface area contributed by atoms with Crippen molar-refractivity contribution >= 4 is 21.2 Å². The summed E-state index contributed by atoms with van der Waals surface area (Å²) in [6, 6.07) is 0.486. The molecule has 2 heterocycles. The number of hydrogen-bond donors (Lipinski definition) is 1. The first kappa shape index (κ1) is 13.5. The molecular weight excluding hydrogens is 280 g/mol. The lowest BCUT2D eigenvalue weighted by molar-refractivity contribution is 0.368. The van der Waals surface area contributed by atoms with Crippen molar-refractivity contribution in [2.45, 2.75) is 50.6 Å². The minimum atomic E-state index is -2.93. The number of aromatic nitrogens is 1. The molecule has 19 heavy (non-hydrogen) atoms. The summed E-state index contributed by atoms with van der Waals surface area (Å²) in [7, 11) is -2.93. The van der Waals surface area contributed by atoms with Crippen LogP contribution in [0.4, 0.5) is 0 Å². The molecule has 1 aliphatic carbocycles. The molecular formula is C13H20N2O2S2. The van der Waals surface area contributed by atoms with Gasteiger partial charge in [-0.25, -0.2) is 13.4 Å². The average Bonchev–Trinajstić information content (AvgIpc) is 2.88. The largest absolute Gasteiger partial charge is 0.302 e. The van der Waals surface area contributed by atoms with Gasteiger partial charge in [0.2, 0.25) is 0 Å². The van der Waals surface area contributed by atoms with Crippen LogP contribution in [0.2, 0.25) is 0 Å². The zero-order valence-corrected chi connectivity index (χ0v) is 13.0. The quantitative estimate of drug-likeness (QED) is 0.924. The third kappa shape index (κ3) is 2.71. The molecule has 1 N–H and O–H groups in total. The second-order valence-corrected chi connectivity index (χ2v) is 9.12. The maximum absolute atomic E-state index is 11.9. The van der Waals surface area contributed by atoms with E-state index < -0.39 is 15.4 Å².